The van der Waals surface area contributed by atoms with Crippen molar-refractivity contribution in [1.29, 1.82) is 0 Å². The van der Waals surface area contributed by atoms with E-state index in [-0.39, 0.29) is 0 Å². The smallest absolute Gasteiger partial charge is 0.0911 e. The van der Waals surface area contributed by atoms with Crippen LogP contribution in [0.15, 0.2) is 24.3 Å². The van der Waals surface area contributed by atoms with Gasteiger partial charge in [0.05, 0.1) is 19.3 Å². The summed E-state index contributed by atoms with van der Waals surface area (Å²) >= 11 is 5.82. The number of halogens is 1. The largest absolute Gasteiger partial charge is 0.389 e. The molecule has 1 saturated heterocycles. The molecule has 1 fully saturated rings. The van der Waals surface area contributed by atoms with Crippen LogP contribution in [-0.4, -0.2) is 42.5 Å². The highest BCUT2D eigenvalue weighted by molar-refractivity contribution is 6.30. The number of aliphatic hydroxyl groups is 1. The van der Waals surface area contributed by atoms with Gasteiger partial charge in [0, 0.05) is 24.7 Å². The van der Waals surface area contributed by atoms with Gasteiger partial charge in [-0.1, -0.05) is 30.2 Å². The van der Waals surface area contributed by atoms with Crippen LogP contribution in [0.25, 0.3) is 0 Å². The van der Waals surface area contributed by atoms with Gasteiger partial charge in [-0.25, -0.2) is 5.01 Å². The minimum Gasteiger partial charge on any atom is -0.389 e. The summed E-state index contributed by atoms with van der Waals surface area (Å²) < 4.78 is 5.51. The number of hydrazine groups is 1. The van der Waals surface area contributed by atoms with Gasteiger partial charge in [-0.2, -0.15) is 0 Å². The highest BCUT2D eigenvalue weighted by Crippen LogP contribution is 2.10. The number of hydrogen-bond donors (Lipinski definition) is 2. The summed E-state index contributed by atoms with van der Waals surface area (Å²) in [6.45, 7) is 3.51. The molecule has 1 aliphatic rings. The van der Waals surface area contributed by atoms with Crippen molar-refractivity contribution in [2.24, 2.45) is 0 Å². The van der Waals surface area contributed by atoms with Crippen molar-refractivity contribution in [2.75, 3.05) is 26.2 Å². The fourth-order valence-corrected chi connectivity index (χ4v) is 2.36. The lowest BCUT2D eigenvalue weighted by Gasteiger charge is -2.28. The van der Waals surface area contributed by atoms with Crippen LogP contribution >= 0.6 is 11.6 Å². The summed E-state index contributed by atoms with van der Waals surface area (Å²) in [5, 5.41) is 12.8. The second-order valence-corrected chi connectivity index (χ2v) is 5.64. The van der Waals surface area contributed by atoms with Crippen LogP contribution in [0.2, 0.25) is 5.02 Å². The second kappa shape index (κ2) is 8.60. The average molecular weight is 299 g/mol. The SMILES string of the molecule is OC(CNN1CCCCC1)COCc1ccc(Cl)cc1. The Hall–Kier alpha value is -0.650. The molecule has 20 heavy (non-hydrogen) atoms. The van der Waals surface area contributed by atoms with Crippen molar-refractivity contribution in [3.63, 3.8) is 0 Å². The lowest BCUT2D eigenvalue weighted by molar-refractivity contribution is 0.0147. The monoisotopic (exact) mass is 298 g/mol. The van der Waals surface area contributed by atoms with Crippen molar-refractivity contribution in [1.82, 2.24) is 10.4 Å². The van der Waals surface area contributed by atoms with Gasteiger partial charge in [-0.15, -0.1) is 0 Å². The van der Waals surface area contributed by atoms with Crippen molar-refractivity contribution in [3.8, 4) is 0 Å². The molecule has 2 N–H and O–H groups in total. The van der Waals surface area contributed by atoms with Gasteiger partial charge >= 0.3 is 0 Å². The molecule has 112 valence electrons. The predicted octanol–water partition coefficient (Wildman–Crippen LogP) is 2.21. The van der Waals surface area contributed by atoms with Crippen LogP contribution in [0.3, 0.4) is 0 Å². The number of aliphatic hydroxyl groups excluding tert-OH is 1. The molecule has 1 aromatic rings. The summed E-state index contributed by atoms with van der Waals surface area (Å²) in [5.74, 6) is 0. The van der Waals surface area contributed by atoms with E-state index in [9.17, 15) is 5.11 Å². The van der Waals surface area contributed by atoms with Crippen LogP contribution in [0.5, 0.6) is 0 Å². The van der Waals surface area contributed by atoms with Gasteiger partial charge in [0.15, 0.2) is 0 Å². The Morgan fingerprint density at radius 1 is 1.20 bits per heavy atom. The molecular formula is C15H23ClN2O2. The fourth-order valence-electron chi connectivity index (χ4n) is 2.24. The first-order chi connectivity index (χ1) is 9.74. The van der Waals surface area contributed by atoms with E-state index in [2.05, 4.69) is 10.4 Å². The van der Waals surface area contributed by atoms with Crippen LogP contribution in [0.1, 0.15) is 24.8 Å². The van der Waals surface area contributed by atoms with Gasteiger partial charge < -0.3 is 9.84 Å². The van der Waals surface area contributed by atoms with E-state index in [0.29, 0.717) is 19.8 Å². The molecule has 1 aromatic carbocycles. The van der Waals surface area contributed by atoms with E-state index >= 15 is 0 Å². The molecule has 1 heterocycles. The molecule has 4 nitrogen and oxygen atoms in total. The highest BCUT2D eigenvalue weighted by atomic mass is 35.5. The average Bonchev–Trinajstić information content (AvgIpc) is 2.48. The molecule has 0 bridgehead atoms. The maximum absolute atomic E-state index is 9.87. The van der Waals surface area contributed by atoms with Crippen LogP contribution in [-0.2, 0) is 11.3 Å². The first-order valence-corrected chi connectivity index (χ1v) is 7.60. The first-order valence-electron chi connectivity index (χ1n) is 7.23. The Kier molecular flexibility index (Phi) is 6.76. The third-order valence-electron chi connectivity index (χ3n) is 3.40. The van der Waals surface area contributed by atoms with Gasteiger partial charge in [-0.05, 0) is 30.5 Å². The third-order valence-corrected chi connectivity index (χ3v) is 3.65. The van der Waals surface area contributed by atoms with Crippen molar-refractivity contribution < 1.29 is 9.84 Å². The summed E-state index contributed by atoms with van der Waals surface area (Å²) in [6.07, 6.45) is 3.29. The Morgan fingerprint density at radius 2 is 1.90 bits per heavy atom. The minimum atomic E-state index is -0.482. The van der Waals surface area contributed by atoms with Gasteiger partial charge in [0.1, 0.15) is 0 Å². The van der Waals surface area contributed by atoms with E-state index in [1.165, 1.54) is 19.3 Å². The topological polar surface area (TPSA) is 44.7 Å². The molecule has 2 rings (SSSR count). The predicted molar refractivity (Wildman–Crippen MR) is 80.5 cm³/mol. The summed E-state index contributed by atoms with van der Waals surface area (Å²) in [4.78, 5) is 0. The molecular weight excluding hydrogens is 276 g/mol. The van der Waals surface area contributed by atoms with Gasteiger partial charge in [-0.3, -0.25) is 5.43 Å². The maximum Gasteiger partial charge on any atom is 0.0911 e. The molecule has 0 amide bonds. The Morgan fingerprint density at radius 3 is 2.60 bits per heavy atom. The molecule has 1 unspecified atom stereocenters. The fraction of sp³-hybridized carbons (Fsp3) is 0.600. The number of hydrogen-bond acceptors (Lipinski definition) is 4. The molecule has 0 spiro atoms. The van der Waals surface area contributed by atoms with E-state index in [4.69, 9.17) is 16.3 Å². The number of rotatable bonds is 7. The van der Waals surface area contributed by atoms with Crippen LogP contribution < -0.4 is 5.43 Å². The quantitative estimate of drug-likeness (QED) is 0.810. The standard InChI is InChI=1S/C15H23ClN2O2/c16-14-6-4-13(5-7-14)11-20-12-15(19)10-17-18-8-2-1-3-9-18/h4-7,15,17,19H,1-3,8-12H2. The Labute approximate surface area is 125 Å². The summed E-state index contributed by atoms with van der Waals surface area (Å²) in [6, 6.07) is 7.55. The highest BCUT2D eigenvalue weighted by Gasteiger charge is 2.11. The number of piperidine rings is 1. The number of benzene rings is 1. The van der Waals surface area contributed by atoms with Crippen LogP contribution in [0, 0.1) is 0 Å². The Balaban J connectivity index is 1.57. The molecule has 0 radical (unpaired) electrons. The molecule has 1 atom stereocenters. The minimum absolute atomic E-state index is 0.337. The summed E-state index contributed by atoms with van der Waals surface area (Å²) in [5.41, 5.74) is 4.32. The van der Waals surface area contributed by atoms with Crippen molar-refractivity contribution in [3.05, 3.63) is 34.9 Å². The zero-order valence-electron chi connectivity index (χ0n) is 11.7. The van der Waals surface area contributed by atoms with Gasteiger partial charge in [0.25, 0.3) is 0 Å². The normalized spacial score (nSPS) is 18.1. The maximum atomic E-state index is 9.87. The first kappa shape index (κ1) is 15.7. The lowest BCUT2D eigenvalue weighted by Crippen LogP contribution is -2.45. The molecule has 0 aromatic heterocycles. The lowest BCUT2D eigenvalue weighted by atomic mass is 10.2. The molecule has 0 saturated carbocycles. The Bertz CT molecular complexity index is 380. The number of ether oxygens (including phenoxy) is 1. The van der Waals surface area contributed by atoms with E-state index < -0.39 is 6.10 Å². The molecule has 0 aliphatic carbocycles. The van der Waals surface area contributed by atoms with E-state index in [1.807, 2.05) is 24.3 Å². The van der Waals surface area contributed by atoms with Crippen LogP contribution in [0.4, 0.5) is 0 Å². The zero-order chi connectivity index (χ0) is 14.2. The van der Waals surface area contributed by atoms with Gasteiger partial charge in [0.2, 0.25) is 0 Å². The number of nitrogens with zero attached hydrogens (tertiary/aromatic N) is 1. The van der Waals surface area contributed by atoms with E-state index in [0.717, 1.165) is 23.7 Å². The molecule has 5 heteroatoms. The van der Waals surface area contributed by atoms with Crippen molar-refractivity contribution in [2.45, 2.75) is 32.0 Å². The zero-order valence-corrected chi connectivity index (χ0v) is 12.5. The number of nitrogens with one attached hydrogen (secondary N) is 1. The van der Waals surface area contributed by atoms with Crippen molar-refractivity contribution >= 4 is 11.6 Å². The summed E-state index contributed by atoms with van der Waals surface area (Å²) in [7, 11) is 0. The third kappa shape index (κ3) is 5.77. The van der Waals surface area contributed by atoms with E-state index in [1.54, 1.807) is 0 Å². The second-order valence-electron chi connectivity index (χ2n) is 5.21. The molecule has 1 aliphatic heterocycles.